The van der Waals surface area contributed by atoms with E-state index in [1.165, 1.54) is 0 Å². The number of hydrogen-bond donors (Lipinski definition) is 1. The summed E-state index contributed by atoms with van der Waals surface area (Å²) in [6, 6.07) is 5.47. The van der Waals surface area contributed by atoms with Crippen molar-refractivity contribution in [2.24, 2.45) is 0 Å². The Hall–Kier alpha value is -0.900. The van der Waals surface area contributed by atoms with Crippen molar-refractivity contribution in [1.29, 1.82) is 0 Å². The van der Waals surface area contributed by atoms with Crippen molar-refractivity contribution in [1.82, 2.24) is 9.55 Å². The van der Waals surface area contributed by atoms with Crippen molar-refractivity contribution in [2.45, 2.75) is 10.3 Å². The molecule has 2 N–H and O–H groups in total. The predicted octanol–water partition coefficient (Wildman–Crippen LogP) is 3.63. The minimum absolute atomic E-state index is 0.343. The van der Waals surface area contributed by atoms with Crippen LogP contribution in [-0.2, 0) is 10.3 Å². The van der Waals surface area contributed by atoms with E-state index in [0.29, 0.717) is 23.6 Å². The smallest absolute Gasteiger partial charge is 0.248 e. The summed E-state index contributed by atoms with van der Waals surface area (Å²) in [5.74, 6) is 0.343. The van der Waals surface area contributed by atoms with Crippen LogP contribution in [0, 0.1) is 0 Å². The number of imidazole rings is 1. The van der Waals surface area contributed by atoms with Crippen molar-refractivity contribution >= 4 is 51.5 Å². The summed E-state index contributed by atoms with van der Waals surface area (Å²) < 4.78 is 0.195. The first-order valence-electron chi connectivity index (χ1n) is 4.88. The van der Waals surface area contributed by atoms with Crippen LogP contribution in [0.3, 0.4) is 0 Å². The maximum Gasteiger partial charge on any atom is 0.248 e. The number of nitrogens with zero attached hydrogens (tertiary/aromatic N) is 2. The van der Waals surface area contributed by atoms with Crippen LogP contribution in [0.15, 0.2) is 30.9 Å². The number of rotatable bonds is 2. The fourth-order valence-electron chi connectivity index (χ4n) is 1.70. The third-order valence-corrected chi connectivity index (χ3v) is 2.88. The highest BCUT2D eigenvalue weighted by Gasteiger charge is 2.30. The maximum absolute atomic E-state index is 5.90. The van der Waals surface area contributed by atoms with Crippen LogP contribution in [0.1, 0.15) is 5.82 Å². The van der Waals surface area contributed by atoms with Crippen LogP contribution in [-0.4, -0.2) is 9.55 Å². The van der Waals surface area contributed by atoms with Gasteiger partial charge in [-0.3, -0.25) is 0 Å². The molecule has 0 aliphatic rings. The second-order valence-electron chi connectivity index (χ2n) is 3.55. The minimum Gasteiger partial charge on any atom is -0.397 e. The zero-order valence-electron chi connectivity index (χ0n) is 8.83. The number of aromatic nitrogens is 2. The number of benzene rings is 1. The fraction of sp³-hybridized carbons (Fsp3) is 0.182. The second-order valence-corrected chi connectivity index (χ2v) is 5.83. The van der Waals surface area contributed by atoms with Crippen LogP contribution in [0.2, 0.25) is 0 Å². The Morgan fingerprint density at radius 1 is 1.41 bits per heavy atom. The number of anilines is 1. The lowest BCUT2D eigenvalue weighted by Crippen LogP contribution is -2.11. The third kappa shape index (κ3) is 2.23. The molecule has 0 fully saturated rings. The molecule has 1 heterocycles. The molecule has 0 spiro atoms. The van der Waals surface area contributed by atoms with E-state index < -0.39 is 3.79 Å². The summed E-state index contributed by atoms with van der Waals surface area (Å²) in [7, 11) is 0. The van der Waals surface area contributed by atoms with Gasteiger partial charge in [-0.15, -0.1) is 6.58 Å². The molecule has 2 rings (SSSR count). The first-order valence-corrected chi connectivity index (χ1v) is 6.01. The molecular formula is C11H10Cl3N3. The van der Waals surface area contributed by atoms with Crippen LogP contribution in [0.5, 0.6) is 0 Å². The van der Waals surface area contributed by atoms with Gasteiger partial charge < -0.3 is 10.3 Å². The van der Waals surface area contributed by atoms with Gasteiger partial charge in [-0.05, 0) is 12.1 Å². The first kappa shape index (κ1) is 12.6. The number of hydrogen-bond acceptors (Lipinski definition) is 2. The molecular weight excluding hydrogens is 281 g/mol. The topological polar surface area (TPSA) is 43.8 Å². The van der Waals surface area contributed by atoms with Gasteiger partial charge in [0, 0.05) is 6.54 Å². The van der Waals surface area contributed by atoms with Gasteiger partial charge in [-0.2, -0.15) is 0 Å². The Bertz CT molecular complexity index is 569. The molecule has 0 aliphatic heterocycles. The van der Waals surface area contributed by atoms with Crippen molar-refractivity contribution in [3.63, 3.8) is 0 Å². The molecule has 0 saturated heterocycles. The average Bonchev–Trinajstić information content (AvgIpc) is 2.59. The van der Waals surface area contributed by atoms with Gasteiger partial charge in [0.1, 0.15) is 5.52 Å². The molecule has 6 heteroatoms. The molecule has 0 bridgehead atoms. The summed E-state index contributed by atoms with van der Waals surface area (Å²) in [5.41, 5.74) is 7.86. The number of allylic oxidation sites excluding steroid dienone is 1. The summed E-state index contributed by atoms with van der Waals surface area (Å²) in [6.45, 7) is 4.18. The predicted molar refractivity (Wildman–Crippen MR) is 73.6 cm³/mol. The lowest BCUT2D eigenvalue weighted by molar-refractivity contribution is 0.777. The number of alkyl halides is 3. The highest BCUT2D eigenvalue weighted by atomic mass is 35.6. The van der Waals surface area contributed by atoms with Gasteiger partial charge in [-0.1, -0.05) is 46.9 Å². The molecule has 0 saturated carbocycles. The zero-order chi connectivity index (χ0) is 12.6. The highest BCUT2D eigenvalue weighted by molar-refractivity contribution is 6.66. The van der Waals surface area contributed by atoms with Crippen LogP contribution in [0.25, 0.3) is 11.0 Å². The Morgan fingerprint density at radius 3 is 2.71 bits per heavy atom. The highest BCUT2D eigenvalue weighted by Crippen LogP contribution is 2.39. The van der Waals surface area contributed by atoms with Crippen LogP contribution in [0.4, 0.5) is 5.69 Å². The van der Waals surface area contributed by atoms with Gasteiger partial charge in [0.25, 0.3) is 0 Å². The Balaban J connectivity index is 2.79. The average molecular weight is 291 g/mol. The number of halogens is 3. The molecule has 17 heavy (non-hydrogen) atoms. The quantitative estimate of drug-likeness (QED) is 0.521. The van der Waals surface area contributed by atoms with E-state index in [9.17, 15) is 0 Å². The summed E-state index contributed by atoms with van der Waals surface area (Å²) in [4.78, 5) is 4.30. The van der Waals surface area contributed by atoms with Gasteiger partial charge >= 0.3 is 0 Å². The fourth-order valence-corrected chi connectivity index (χ4v) is 2.13. The largest absolute Gasteiger partial charge is 0.397 e. The van der Waals surface area contributed by atoms with E-state index in [0.717, 1.165) is 5.52 Å². The summed E-state index contributed by atoms with van der Waals surface area (Å²) >= 11 is 17.7. The second kappa shape index (κ2) is 4.41. The van der Waals surface area contributed by atoms with E-state index in [4.69, 9.17) is 40.5 Å². The van der Waals surface area contributed by atoms with E-state index in [1.54, 1.807) is 16.7 Å². The van der Waals surface area contributed by atoms with Crippen molar-refractivity contribution in [3.05, 3.63) is 36.7 Å². The lowest BCUT2D eigenvalue weighted by atomic mass is 10.3. The lowest BCUT2D eigenvalue weighted by Gasteiger charge is -2.12. The van der Waals surface area contributed by atoms with Gasteiger partial charge in [0.2, 0.25) is 3.79 Å². The van der Waals surface area contributed by atoms with E-state index in [2.05, 4.69) is 11.6 Å². The Kier molecular flexibility index (Phi) is 3.25. The molecule has 1 aromatic heterocycles. The normalized spacial score (nSPS) is 11.9. The van der Waals surface area contributed by atoms with Gasteiger partial charge in [-0.25, -0.2) is 4.98 Å². The number of nitrogens with two attached hydrogens (primary N) is 1. The number of fused-ring (bicyclic) bond motifs is 1. The molecule has 90 valence electrons. The maximum atomic E-state index is 5.90. The molecule has 0 unspecified atom stereocenters. The Morgan fingerprint density at radius 2 is 2.12 bits per heavy atom. The SMILES string of the molecule is C=CCn1c(C(Cl)(Cl)Cl)nc2c(N)cccc21. The molecule has 2 aromatic rings. The monoisotopic (exact) mass is 289 g/mol. The van der Waals surface area contributed by atoms with Crippen molar-refractivity contribution in [2.75, 3.05) is 5.73 Å². The molecule has 3 nitrogen and oxygen atoms in total. The standard InChI is InChI=1S/C11H10Cl3N3/c1-2-6-17-8-5-3-4-7(15)9(8)16-10(17)11(12,13)14/h2-5H,1,6,15H2. The number of para-hydroxylation sites is 1. The van der Waals surface area contributed by atoms with E-state index in [-0.39, 0.29) is 0 Å². The summed E-state index contributed by atoms with van der Waals surface area (Å²) in [5, 5.41) is 0. The minimum atomic E-state index is -1.59. The zero-order valence-corrected chi connectivity index (χ0v) is 11.1. The van der Waals surface area contributed by atoms with Crippen molar-refractivity contribution in [3.8, 4) is 0 Å². The summed E-state index contributed by atoms with van der Waals surface area (Å²) in [6.07, 6.45) is 1.71. The van der Waals surface area contributed by atoms with E-state index >= 15 is 0 Å². The van der Waals surface area contributed by atoms with Crippen LogP contribution < -0.4 is 5.73 Å². The van der Waals surface area contributed by atoms with Crippen LogP contribution >= 0.6 is 34.8 Å². The molecule has 0 amide bonds. The van der Waals surface area contributed by atoms with E-state index in [1.807, 2.05) is 12.1 Å². The first-order chi connectivity index (χ1) is 7.95. The third-order valence-electron chi connectivity index (χ3n) is 2.38. The Labute approximate surface area is 114 Å². The van der Waals surface area contributed by atoms with Crippen molar-refractivity contribution < 1.29 is 0 Å². The number of nitrogen functional groups attached to an aromatic ring is 1. The molecule has 1 aromatic carbocycles. The van der Waals surface area contributed by atoms with Gasteiger partial charge in [0.05, 0.1) is 11.2 Å². The molecule has 0 aliphatic carbocycles. The van der Waals surface area contributed by atoms with Gasteiger partial charge in [0.15, 0.2) is 5.82 Å². The molecule has 0 radical (unpaired) electrons. The molecule has 0 atom stereocenters.